The van der Waals surface area contributed by atoms with Gasteiger partial charge in [0.1, 0.15) is 5.54 Å². The Morgan fingerprint density at radius 1 is 1.14 bits per heavy atom. The molecule has 7 heteroatoms. The topological polar surface area (TPSA) is 122 Å². The second-order valence-electron chi connectivity index (χ2n) is 6.95. The molecule has 3 aliphatic carbocycles. The minimum Gasteiger partial charge on any atom is -0.481 e. The molecule has 0 spiro atoms. The second-order valence-corrected chi connectivity index (χ2v) is 6.95. The maximum atomic E-state index is 12.5. The van der Waals surface area contributed by atoms with Crippen molar-refractivity contribution in [3.8, 4) is 0 Å². The van der Waals surface area contributed by atoms with Crippen LogP contribution >= 0.6 is 0 Å². The van der Waals surface area contributed by atoms with Crippen molar-refractivity contribution >= 4 is 17.8 Å². The van der Waals surface area contributed by atoms with E-state index in [9.17, 15) is 14.4 Å². The molecule has 122 valence electrons. The largest absolute Gasteiger partial charge is 0.481 e. The number of hydrogen-bond acceptors (Lipinski definition) is 4. The van der Waals surface area contributed by atoms with Gasteiger partial charge in [-0.1, -0.05) is 0 Å². The first-order valence-corrected chi connectivity index (χ1v) is 8.02. The highest BCUT2D eigenvalue weighted by Gasteiger charge is 2.53. The first-order chi connectivity index (χ1) is 10.4. The number of nitrogens with one attached hydrogen (secondary N) is 2. The van der Waals surface area contributed by atoms with Crippen LogP contribution in [0.15, 0.2) is 0 Å². The van der Waals surface area contributed by atoms with E-state index < -0.39 is 29.9 Å². The van der Waals surface area contributed by atoms with Crippen LogP contribution in [-0.2, 0) is 14.4 Å². The molecule has 0 bridgehead atoms. The van der Waals surface area contributed by atoms with Crippen LogP contribution < -0.4 is 16.4 Å². The van der Waals surface area contributed by atoms with E-state index >= 15 is 0 Å². The number of hydrogen-bond donors (Lipinski definition) is 4. The lowest BCUT2D eigenvalue weighted by molar-refractivity contribution is -0.139. The number of carboxylic acids is 1. The minimum atomic E-state index is -1.13. The molecule has 0 radical (unpaired) electrons. The highest BCUT2D eigenvalue weighted by Crippen LogP contribution is 2.45. The molecule has 1 atom stereocenters. The first-order valence-electron chi connectivity index (χ1n) is 8.02. The number of nitrogens with two attached hydrogens (primary N) is 1. The number of carbonyl (C=O) groups is 3. The standard InChI is InChI=1S/C15H23N3O4/c16-10(7-11(19)20)13(21)18-15(5-6-15)14(22)17-12(8-1-2-8)9-3-4-9/h8-10,12H,1-7,16H2,(H,17,22)(H,18,21)(H,19,20)/t10-/m0/s1. The van der Waals surface area contributed by atoms with E-state index in [1.54, 1.807) is 0 Å². The Bertz CT molecular complexity index is 483. The summed E-state index contributed by atoms with van der Waals surface area (Å²) >= 11 is 0. The Morgan fingerprint density at radius 3 is 2.09 bits per heavy atom. The Kier molecular flexibility index (Phi) is 3.84. The van der Waals surface area contributed by atoms with Crippen LogP contribution in [0.25, 0.3) is 0 Å². The van der Waals surface area contributed by atoms with Gasteiger partial charge in [-0.05, 0) is 50.4 Å². The summed E-state index contributed by atoms with van der Waals surface area (Å²) in [7, 11) is 0. The first kappa shape index (κ1) is 15.3. The number of aliphatic carboxylic acids is 1. The van der Waals surface area contributed by atoms with Crippen molar-refractivity contribution in [1.82, 2.24) is 10.6 Å². The number of carbonyl (C=O) groups excluding carboxylic acids is 2. The molecule has 0 saturated heterocycles. The quantitative estimate of drug-likeness (QED) is 0.492. The highest BCUT2D eigenvalue weighted by atomic mass is 16.4. The molecule has 5 N–H and O–H groups in total. The molecule has 0 aromatic rings. The highest BCUT2D eigenvalue weighted by molar-refractivity contribution is 5.96. The van der Waals surface area contributed by atoms with Gasteiger partial charge in [0.15, 0.2) is 0 Å². The molecule has 7 nitrogen and oxygen atoms in total. The third-order valence-electron chi connectivity index (χ3n) is 4.84. The molecule has 0 aliphatic heterocycles. The van der Waals surface area contributed by atoms with E-state index in [4.69, 9.17) is 10.8 Å². The van der Waals surface area contributed by atoms with Gasteiger partial charge in [-0.2, -0.15) is 0 Å². The predicted molar refractivity (Wildman–Crippen MR) is 77.7 cm³/mol. The van der Waals surface area contributed by atoms with Crippen LogP contribution in [0.4, 0.5) is 0 Å². The van der Waals surface area contributed by atoms with E-state index in [2.05, 4.69) is 10.6 Å². The third-order valence-corrected chi connectivity index (χ3v) is 4.84. The second kappa shape index (κ2) is 5.53. The maximum absolute atomic E-state index is 12.5. The summed E-state index contributed by atoms with van der Waals surface area (Å²) in [6.07, 6.45) is 5.43. The van der Waals surface area contributed by atoms with Crippen molar-refractivity contribution in [2.75, 3.05) is 0 Å². The molecule has 22 heavy (non-hydrogen) atoms. The Morgan fingerprint density at radius 2 is 1.68 bits per heavy atom. The van der Waals surface area contributed by atoms with Gasteiger partial charge in [-0.15, -0.1) is 0 Å². The van der Waals surface area contributed by atoms with Crippen molar-refractivity contribution < 1.29 is 19.5 Å². The van der Waals surface area contributed by atoms with Gasteiger partial charge < -0.3 is 21.5 Å². The average Bonchev–Trinajstić information content (AvgIpc) is 3.30. The van der Waals surface area contributed by atoms with Gasteiger partial charge in [0.25, 0.3) is 0 Å². The Hall–Kier alpha value is -1.63. The monoisotopic (exact) mass is 309 g/mol. The summed E-state index contributed by atoms with van der Waals surface area (Å²) in [6, 6.07) is -0.875. The minimum absolute atomic E-state index is 0.132. The Labute approximate surface area is 129 Å². The van der Waals surface area contributed by atoms with Crippen LogP contribution in [0.2, 0.25) is 0 Å². The molecule has 0 aromatic carbocycles. The number of amides is 2. The maximum Gasteiger partial charge on any atom is 0.305 e. The van der Waals surface area contributed by atoms with Crippen LogP contribution in [-0.4, -0.2) is 40.5 Å². The molecule has 3 fully saturated rings. The lowest BCUT2D eigenvalue weighted by Crippen LogP contribution is -2.55. The van der Waals surface area contributed by atoms with Crippen molar-refractivity contribution in [3.63, 3.8) is 0 Å². The summed E-state index contributed by atoms with van der Waals surface area (Å²) in [4.78, 5) is 35.0. The molecule has 3 saturated carbocycles. The van der Waals surface area contributed by atoms with Gasteiger partial charge in [-0.25, -0.2) is 0 Å². The normalized spacial score (nSPS) is 23.7. The summed E-state index contributed by atoms with van der Waals surface area (Å²) in [5.41, 5.74) is 4.68. The summed E-state index contributed by atoms with van der Waals surface area (Å²) in [6.45, 7) is 0. The zero-order valence-corrected chi connectivity index (χ0v) is 12.5. The van der Waals surface area contributed by atoms with Gasteiger partial charge in [-0.3, -0.25) is 14.4 Å². The molecule has 2 amide bonds. The smallest absolute Gasteiger partial charge is 0.305 e. The SMILES string of the molecule is N[C@@H](CC(=O)O)C(=O)NC1(C(=O)NC(C2CC2)C2CC2)CC1. The van der Waals surface area contributed by atoms with Crippen LogP contribution in [0.1, 0.15) is 44.9 Å². The molecular weight excluding hydrogens is 286 g/mol. The molecule has 0 aromatic heterocycles. The molecule has 0 unspecified atom stereocenters. The van der Waals surface area contributed by atoms with E-state index in [0.717, 1.165) is 0 Å². The van der Waals surface area contributed by atoms with Crippen molar-refractivity contribution in [2.24, 2.45) is 17.6 Å². The summed E-state index contributed by atoms with van der Waals surface area (Å²) < 4.78 is 0. The zero-order valence-electron chi connectivity index (χ0n) is 12.5. The molecule has 0 heterocycles. The van der Waals surface area contributed by atoms with E-state index in [-0.39, 0.29) is 11.9 Å². The summed E-state index contributed by atoms with van der Waals surface area (Å²) in [5, 5.41) is 14.4. The molecule has 3 aliphatic rings. The van der Waals surface area contributed by atoms with Crippen molar-refractivity contribution in [1.29, 1.82) is 0 Å². The number of rotatable bonds is 8. The van der Waals surface area contributed by atoms with Gasteiger partial charge in [0.05, 0.1) is 12.5 Å². The lowest BCUT2D eigenvalue weighted by atomic mass is 10.1. The fourth-order valence-electron chi connectivity index (χ4n) is 2.96. The van der Waals surface area contributed by atoms with Gasteiger partial charge in [0, 0.05) is 6.04 Å². The van der Waals surface area contributed by atoms with Crippen molar-refractivity contribution in [2.45, 2.75) is 62.6 Å². The van der Waals surface area contributed by atoms with Crippen LogP contribution in [0.5, 0.6) is 0 Å². The predicted octanol–water partition coefficient (Wildman–Crippen LogP) is -0.258. The fraction of sp³-hybridized carbons (Fsp3) is 0.800. The lowest BCUT2D eigenvalue weighted by Gasteiger charge is -2.24. The van der Waals surface area contributed by atoms with Crippen LogP contribution in [0, 0.1) is 11.8 Å². The van der Waals surface area contributed by atoms with E-state index in [1.165, 1.54) is 25.7 Å². The van der Waals surface area contributed by atoms with Gasteiger partial charge >= 0.3 is 5.97 Å². The Balaban J connectivity index is 1.54. The van der Waals surface area contributed by atoms with E-state index in [0.29, 0.717) is 24.7 Å². The average molecular weight is 309 g/mol. The van der Waals surface area contributed by atoms with E-state index in [1.807, 2.05) is 0 Å². The van der Waals surface area contributed by atoms with Gasteiger partial charge in [0.2, 0.25) is 11.8 Å². The van der Waals surface area contributed by atoms with Crippen LogP contribution in [0.3, 0.4) is 0 Å². The molecular formula is C15H23N3O4. The third kappa shape index (κ3) is 3.40. The molecule has 3 rings (SSSR count). The zero-order chi connectivity index (χ0) is 15.9. The number of carboxylic acid groups (broad SMARTS) is 1. The summed E-state index contributed by atoms with van der Waals surface area (Å²) in [5.74, 6) is -0.634. The fourth-order valence-corrected chi connectivity index (χ4v) is 2.96. The van der Waals surface area contributed by atoms with Crippen molar-refractivity contribution in [3.05, 3.63) is 0 Å².